The third-order valence-corrected chi connectivity index (χ3v) is 10.1. The van der Waals surface area contributed by atoms with E-state index in [1.54, 1.807) is 0 Å². The second-order valence-electron chi connectivity index (χ2n) is 15.1. The van der Waals surface area contributed by atoms with Crippen LogP contribution in [0, 0.1) is 0 Å². The molecule has 0 aliphatic carbocycles. The van der Waals surface area contributed by atoms with Gasteiger partial charge in [0.1, 0.15) is 18.6 Å². The molecular weight excluding hydrogens is 813 g/mol. The van der Waals surface area contributed by atoms with E-state index in [1.807, 2.05) is 66.7 Å². The van der Waals surface area contributed by atoms with E-state index in [2.05, 4.69) is 54.8 Å². The van der Waals surface area contributed by atoms with E-state index in [4.69, 9.17) is 23.1 Å². The highest BCUT2D eigenvalue weighted by atomic mass is 32.1. The third-order valence-electron chi connectivity index (χ3n) is 9.82. The normalized spacial score (nSPS) is 12.4. The van der Waals surface area contributed by atoms with Crippen LogP contribution in [-0.4, -0.2) is 122 Å². The molecule has 62 heavy (non-hydrogen) atoms. The third kappa shape index (κ3) is 21.9. The van der Waals surface area contributed by atoms with Crippen LogP contribution in [0.3, 0.4) is 0 Å². The lowest BCUT2D eigenvalue weighted by Crippen LogP contribution is -2.48. The van der Waals surface area contributed by atoms with E-state index in [0.717, 1.165) is 86.1 Å². The van der Waals surface area contributed by atoms with Crippen molar-refractivity contribution in [2.45, 2.75) is 82.8 Å². The van der Waals surface area contributed by atoms with Crippen molar-refractivity contribution in [3.05, 3.63) is 77.9 Å². The number of carboxylic acid groups (broad SMARTS) is 2. The molecule has 3 aromatic rings. The predicted octanol–water partition coefficient (Wildman–Crippen LogP) is 2.20. The molecule has 0 aliphatic heterocycles. The Morgan fingerprint density at radius 2 is 1.35 bits per heavy atom. The molecule has 0 bridgehead atoms. The molecule has 4 amide bonds. The molecule has 0 aromatic heterocycles. The summed E-state index contributed by atoms with van der Waals surface area (Å²) in [6.45, 7) is 7.71. The number of rotatable bonds is 31. The monoisotopic (exact) mass is 878 g/mol. The van der Waals surface area contributed by atoms with Gasteiger partial charge >= 0.3 is 18.0 Å². The number of fused-ring (bicyclic) bond motifs is 1. The Balaban J connectivity index is 1.37. The molecule has 17 nitrogen and oxygen atoms in total. The van der Waals surface area contributed by atoms with Gasteiger partial charge in [0, 0.05) is 70.4 Å². The quantitative estimate of drug-likeness (QED) is 0.0327. The summed E-state index contributed by atoms with van der Waals surface area (Å²) in [6.07, 6.45) is 4.30. The lowest BCUT2D eigenvalue weighted by atomic mass is 10.0. The number of carboxylic acids is 2. The van der Waals surface area contributed by atoms with Crippen molar-refractivity contribution >= 4 is 63.6 Å². The number of nitrogens with two attached hydrogens (primary N) is 1. The topological polar surface area (TPSA) is 260 Å². The number of nitrogens with one attached hydrogen (secondary N) is 9. The number of anilines is 1. The molecule has 13 N–H and O–H groups in total. The Labute approximate surface area is 369 Å². The fourth-order valence-corrected chi connectivity index (χ4v) is 6.73. The average molecular weight is 879 g/mol. The number of aliphatic carboxylic acids is 2. The molecule has 0 fully saturated rings. The van der Waals surface area contributed by atoms with Crippen molar-refractivity contribution in [2.75, 3.05) is 64.2 Å². The summed E-state index contributed by atoms with van der Waals surface area (Å²) < 4.78 is 0. The summed E-state index contributed by atoms with van der Waals surface area (Å²) in [7, 11) is 0. The summed E-state index contributed by atoms with van der Waals surface area (Å²) in [5.74, 6) is -3.12. The van der Waals surface area contributed by atoms with Gasteiger partial charge in [0.2, 0.25) is 11.8 Å². The fraction of sp³-hybridized carbons (Fsp3) is 0.500. The molecule has 3 atom stereocenters. The molecule has 340 valence electrons. The summed E-state index contributed by atoms with van der Waals surface area (Å²) in [4.78, 5) is 60.6. The SMILES string of the molecule is CCNCCNCCNCC(N)Cc1ccc(NC(=S)NCCCCCC(=O)N[C@@H](Cc2ccc3ccccc3c2)C(=O)NCCCC[C@H](NC(=O)NCC(=O)O)C(=O)O)cc1. The van der Waals surface area contributed by atoms with Gasteiger partial charge in [-0.25, -0.2) is 9.59 Å². The number of urea groups is 1. The van der Waals surface area contributed by atoms with Crippen molar-refractivity contribution in [3.8, 4) is 0 Å². The molecule has 18 heteroatoms. The maximum absolute atomic E-state index is 13.4. The van der Waals surface area contributed by atoms with E-state index < -0.39 is 36.6 Å². The van der Waals surface area contributed by atoms with Gasteiger partial charge in [-0.1, -0.05) is 67.9 Å². The van der Waals surface area contributed by atoms with Crippen LogP contribution in [0.5, 0.6) is 0 Å². The molecule has 0 spiro atoms. The second-order valence-corrected chi connectivity index (χ2v) is 15.5. The molecule has 0 aliphatic rings. The van der Waals surface area contributed by atoms with Gasteiger partial charge in [0.15, 0.2) is 5.11 Å². The second kappa shape index (κ2) is 29.8. The predicted molar refractivity (Wildman–Crippen MR) is 247 cm³/mol. The van der Waals surface area contributed by atoms with Gasteiger partial charge in [-0.05, 0) is 91.3 Å². The highest BCUT2D eigenvalue weighted by Gasteiger charge is 2.22. The first kappa shape index (κ1) is 51.0. The number of likely N-dealkylation sites (N-methyl/N-ethyl adjacent to an activating group) is 1. The molecule has 0 saturated carbocycles. The number of carbonyl (C=O) groups is 5. The summed E-state index contributed by atoms with van der Waals surface area (Å²) in [5, 5.41) is 47.3. The Morgan fingerprint density at radius 1 is 0.677 bits per heavy atom. The summed E-state index contributed by atoms with van der Waals surface area (Å²) in [5.41, 5.74) is 9.25. The largest absolute Gasteiger partial charge is 0.480 e. The lowest BCUT2D eigenvalue weighted by molar-refractivity contribution is -0.139. The Hall–Kier alpha value is -5.40. The number of unbranched alkanes of at least 4 members (excludes halogenated alkanes) is 3. The molecule has 3 rings (SSSR count). The van der Waals surface area contributed by atoms with E-state index in [1.165, 1.54) is 0 Å². The molecule has 0 heterocycles. The van der Waals surface area contributed by atoms with E-state index in [9.17, 15) is 29.1 Å². The van der Waals surface area contributed by atoms with Gasteiger partial charge in [0.05, 0.1) is 0 Å². The zero-order valence-corrected chi connectivity index (χ0v) is 36.5. The van der Waals surface area contributed by atoms with Gasteiger partial charge < -0.3 is 63.8 Å². The Bertz CT molecular complexity index is 1850. The van der Waals surface area contributed by atoms with Crippen molar-refractivity contribution in [3.63, 3.8) is 0 Å². The van der Waals surface area contributed by atoms with Crippen molar-refractivity contribution in [2.24, 2.45) is 5.73 Å². The number of thiocarbonyl (C=S) groups is 1. The number of hydrogen-bond donors (Lipinski definition) is 12. The van der Waals surface area contributed by atoms with Crippen molar-refractivity contribution in [1.29, 1.82) is 0 Å². The average Bonchev–Trinajstić information content (AvgIpc) is 3.24. The highest BCUT2D eigenvalue weighted by Crippen LogP contribution is 2.17. The summed E-state index contributed by atoms with van der Waals surface area (Å²) >= 11 is 5.49. The maximum atomic E-state index is 13.4. The first-order valence-electron chi connectivity index (χ1n) is 21.5. The molecular formula is C44H66N10O7S. The number of amides is 4. The van der Waals surface area contributed by atoms with Crippen LogP contribution in [0.4, 0.5) is 10.5 Å². The molecule has 0 radical (unpaired) electrons. The number of benzene rings is 3. The minimum absolute atomic E-state index is 0.0134. The zero-order valence-electron chi connectivity index (χ0n) is 35.7. The van der Waals surface area contributed by atoms with Gasteiger partial charge in [-0.2, -0.15) is 0 Å². The van der Waals surface area contributed by atoms with Crippen LogP contribution in [0.1, 0.15) is 63.0 Å². The number of carbonyl (C=O) groups excluding carboxylic acids is 3. The smallest absolute Gasteiger partial charge is 0.326 e. The van der Waals surface area contributed by atoms with Crippen LogP contribution in [0.2, 0.25) is 0 Å². The maximum Gasteiger partial charge on any atom is 0.326 e. The molecule has 1 unspecified atom stereocenters. The zero-order chi connectivity index (χ0) is 45.0. The highest BCUT2D eigenvalue weighted by molar-refractivity contribution is 7.80. The van der Waals surface area contributed by atoms with E-state index in [0.29, 0.717) is 30.9 Å². The first-order valence-corrected chi connectivity index (χ1v) is 21.9. The van der Waals surface area contributed by atoms with Crippen LogP contribution in [0.15, 0.2) is 66.7 Å². The van der Waals surface area contributed by atoms with Gasteiger partial charge in [-0.3, -0.25) is 14.4 Å². The van der Waals surface area contributed by atoms with Crippen molar-refractivity contribution in [1.82, 2.24) is 42.5 Å². The standard InChI is InChI=1S/C44H66N10O7S/c1-2-46-22-23-47-24-25-48-29-35(45)27-31-15-18-36(19-16-31)52-44(62)50-21-8-3-4-13-39(55)53-38(28-32-14-17-33-10-5-6-11-34(33)26-32)41(58)49-20-9-7-12-37(42(59)60)54-43(61)51-30-40(56)57/h5-6,10-11,14-19,26,35,37-38,46-48H,2-4,7-9,12-13,20-25,27-30,45H2,1H3,(H,49,58)(H,53,55)(H,56,57)(H,59,60)(H2,50,52,62)(H2,51,54,61)/t35?,37-,38-/m0/s1. The van der Waals surface area contributed by atoms with Gasteiger partial charge in [0.25, 0.3) is 0 Å². The first-order chi connectivity index (χ1) is 29.9. The van der Waals surface area contributed by atoms with E-state index in [-0.39, 0.29) is 43.7 Å². The number of hydrogen-bond acceptors (Lipinski definition) is 10. The van der Waals surface area contributed by atoms with E-state index >= 15 is 0 Å². The van der Waals surface area contributed by atoms with Crippen LogP contribution >= 0.6 is 12.2 Å². The minimum Gasteiger partial charge on any atom is -0.480 e. The van der Waals surface area contributed by atoms with Crippen LogP contribution in [0.25, 0.3) is 10.8 Å². The van der Waals surface area contributed by atoms with Crippen LogP contribution < -0.4 is 53.6 Å². The minimum atomic E-state index is -1.26. The summed E-state index contributed by atoms with van der Waals surface area (Å²) in [6, 6.07) is 18.9. The van der Waals surface area contributed by atoms with Gasteiger partial charge in [-0.15, -0.1) is 0 Å². The Kier molecular flexibility index (Phi) is 24.5. The fourth-order valence-electron chi connectivity index (χ4n) is 6.51. The molecule has 0 saturated heterocycles. The lowest BCUT2D eigenvalue weighted by Gasteiger charge is -2.19. The van der Waals surface area contributed by atoms with Crippen molar-refractivity contribution < 1.29 is 34.2 Å². The molecule has 3 aromatic carbocycles. The van der Waals surface area contributed by atoms with Crippen LogP contribution in [-0.2, 0) is 32.0 Å². The Morgan fingerprint density at radius 3 is 2.08 bits per heavy atom.